The van der Waals surface area contributed by atoms with E-state index in [1.165, 1.54) is 13.8 Å². The standard InChI is InChI=1S/C19H36N7O7P/c1-7-32-17(28)12(3)24-34(30,25-13(4)18(29)33-8-2)11-31-10-9-26(6)15-14(21-5)16(27)23-19(20)22-15/h12-15H,5,7-11H2,1-4,6H3,(H2,24,25,30)(H3,20,22,23,27)/t12-,13-,14?,15?/m0/s1. The van der Waals surface area contributed by atoms with E-state index in [-0.39, 0.29) is 38.7 Å². The van der Waals surface area contributed by atoms with Crippen molar-refractivity contribution in [1.29, 1.82) is 0 Å². The number of rotatable bonds is 15. The van der Waals surface area contributed by atoms with Crippen LogP contribution in [0.2, 0.25) is 0 Å². The zero-order valence-electron chi connectivity index (χ0n) is 20.3. The molecule has 0 bridgehead atoms. The van der Waals surface area contributed by atoms with Crippen LogP contribution in [-0.4, -0.2) is 99.5 Å². The lowest BCUT2D eigenvalue weighted by Crippen LogP contribution is -2.56. The molecule has 15 heteroatoms. The van der Waals surface area contributed by atoms with Crippen LogP contribution in [0.15, 0.2) is 9.98 Å². The Labute approximate surface area is 199 Å². The van der Waals surface area contributed by atoms with E-state index in [1.54, 1.807) is 25.8 Å². The van der Waals surface area contributed by atoms with Crippen LogP contribution in [0.4, 0.5) is 0 Å². The Morgan fingerprint density at radius 1 is 1.24 bits per heavy atom. The Bertz CT molecular complexity index is 780. The van der Waals surface area contributed by atoms with Gasteiger partial charge in [-0.3, -0.25) is 34.2 Å². The molecule has 1 heterocycles. The maximum Gasteiger partial charge on any atom is 0.323 e. The number of amides is 1. The summed E-state index contributed by atoms with van der Waals surface area (Å²) in [6.45, 7) is 10.4. The minimum Gasteiger partial charge on any atom is -0.465 e. The largest absolute Gasteiger partial charge is 0.465 e. The summed E-state index contributed by atoms with van der Waals surface area (Å²) in [5.74, 6) is -1.63. The van der Waals surface area contributed by atoms with Crippen LogP contribution in [0.1, 0.15) is 27.7 Å². The summed E-state index contributed by atoms with van der Waals surface area (Å²) in [6, 6.07) is -2.68. The number of carbonyl (C=O) groups is 3. The first-order valence-electron chi connectivity index (χ1n) is 10.8. The third kappa shape index (κ3) is 9.11. The van der Waals surface area contributed by atoms with Crippen LogP contribution in [0.5, 0.6) is 0 Å². The Hall–Kier alpha value is -2.38. The van der Waals surface area contributed by atoms with Crippen molar-refractivity contribution in [3.05, 3.63) is 0 Å². The summed E-state index contributed by atoms with van der Waals surface area (Å²) < 4.78 is 29.0. The van der Waals surface area contributed by atoms with Gasteiger partial charge in [0.05, 0.1) is 19.8 Å². The van der Waals surface area contributed by atoms with Gasteiger partial charge in [-0.25, -0.2) is 15.2 Å². The van der Waals surface area contributed by atoms with Gasteiger partial charge in [0.15, 0.2) is 12.0 Å². The highest BCUT2D eigenvalue weighted by atomic mass is 31.2. The van der Waals surface area contributed by atoms with Gasteiger partial charge in [0.25, 0.3) is 5.91 Å². The topological polar surface area (TPSA) is 186 Å². The van der Waals surface area contributed by atoms with Crippen LogP contribution < -0.4 is 21.2 Å². The SMILES string of the molecule is C=NC1C(=O)NC(N)=NC1N(C)CCOCP(=O)(N[C@@H](C)C(=O)OCC)N[C@@H](C)C(=O)OCC. The van der Waals surface area contributed by atoms with E-state index in [0.29, 0.717) is 0 Å². The van der Waals surface area contributed by atoms with E-state index in [1.807, 2.05) is 0 Å². The van der Waals surface area contributed by atoms with Gasteiger partial charge in [0, 0.05) is 6.54 Å². The van der Waals surface area contributed by atoms with Gasteiger partial charge in [0.1, 0.15) is 24.6 Å². The van der Waals surface area contributed by atoms with E-state index < -0.39 is 49.6 Å². The molecule has 1 aliphatic heterocycles. The first-order chi connectivity index (χ1) is 16.0. The molecule has 0 radical (unpaired) electrons. The van der Waals surface area contributed by atoms with Gasteiger partial charge in [-0.1, -0.05) is 0 Å². The zero-order valence-corrected chi connectivity index (χ0v) is 21.2. The number of hydrogen-bond donors (Lipinski definition) is 4. The number of esters is 2. The van der Waals surface area contributed by atoms with Crippen molar-refractivity contribution in [2.75, 3.05) is 39.8 Å². The molecule has 0 fully saturated rings. The molecule has 194 valence electrons. The van der Waals surface area contributed by atoms with E-state index in [0.717, 1.165) is 0 Å². The van der Waals surface area contributed by atoms with Crippen molar-refractivity contribution in [1.82, 2.24) is 20.4 Å². The fourth-order valence-corrected chi connectivity index (χ4v) is 5.08. The predicted molar refractivity (Wildman–Crippen MR) is 126 cm³/mol. The molecule has 0 aliphatic carbocycles. The van der Waals surface area contributed by atoms with E-state index in [9.17, 15) is 18.9 Å². The highest BCUT2D eigenvalue weighted by molar-refractivity contribution is 7.59. The smallest absolute Gasteiger partial charge is 0.323 e. The molecule has 4 atom stereocenters. The van der Waals surface area contributed by atoms with Gasteiger partial charge in [0.2, 0.25) is 7.44 Å². The molecule has 5 N–H and O–H groups in total. The molecule has 0 aromatic carbocycles. The molecule has 0 spiro atoms. The summed E-state index contributed by atoms with van der Waals surface area (Å²) in [4.78, 5) is 45.7. The maximum atomic E-state index is 13.5. The number of nitrogens with two attached hydrogens (primary N) is 1. The normalized spacial score (nSPS) is 20.2. The summed E-state index contributed by atoms with van der Waals surface area (Å²) in [5, 5.41) is 7.78. The lowest BCUT2D eigenvalue weighted by molar-refractivity contribution is -0.145. The van der Waals surface area contributed by atoms with Gasteiger partial charge < -0.3 is 19.9 Å². The Morgan fingerprint density at radius 2 is 1.76 bits per heavy atom. The zero-order chi connectivity index (χ0) is 25.9. The molecule has 0 aromatic rings. The summed E-state index contributed by atoms with van der Waals surface area (Å²) in [7, 11) is -1.90. The quantitative estimate of drug-likeness (QED) is 0.0926. The average Bonchev–Trinajstić information content (AvgIpc) is 2.76. The monoisotopic (exact) mass is 505 g/mol. The Kier molecular flexibility index (Phi) is 12.3. The third-order valence-corrected chi connectivity index (χ3v) is 6.82. The second-order valence-corrected chi connectivity index (χ2v) is 9.76. The third-order valence-electron chi connectivity index (χ3n) is 4.67. The van der Waals surface area contributed by atoms with Crippen LogP contribution in [0.3, 0.4) is 0 Å². The number of ether oxygens (including phenoxy) is 3. The summed E-state index contributed by atoms with van der Waals surface area (Å²) in [6.07, 6.45) is -1.01. The highest BCUT2D eigenvalue weighted by Gasteiger charge is 2.35. The molecular weight excluding hydrogens is 469 g/mol. The Balaban J connectivity index is 2.79. The molecule has 2 unspecified atom stereocenters. The van der Waals surface area contributed by atoms with Crippen LogP contribution >= 0.6 is 7.44 Å². The van der Waals surface area contributed by atoms with E-state index >= 15 is 0 Å². The fraction of sp³-hybridized carbons (Fsp3) is 0.737. The fourth-order valence-electron chi connectivity index (χ4n) is 3.01. The number of carbonyl (C=O) groups excluding carboxylic acids is 3. The van der Waals surface area contributed by atoms with Crippen molar-refractivity contribution in [2.45, 2.75) is 52.0 Å². The molecule has 0 saturated heterocycles. The molecule has 0 saturated carbocycles. The van der Waals surface area contributed by atoms with Crippen molar-refractivity contribution in [2.24, 2.45) is 15.7 Å². The number of nitrogens with one attached hydrogen (secondary N) is 3. The molecule has 0 aromatic heterocycles. The minimum atomic E-state index is -3.60. The van der Waals surface area contributed by atoms with Gasteiger partial charge in [-0.15, -0.1) is 0 Å². The highest BCUT2D eigenvalue weighted by Crippen LogP contribution is 2.37. The summed E-state index contributed by atoms with van der Waals surface area (Å²) in [5.41, 5.74) is 5.64. The first-order valence-corrected chi connectivity index (χ1v) is 12.7. The van der Waals surface area contributed by atoms with E-state index in [2.05, 4.69) is 32.2 Å². The van der Waals surface area contributed by atoms with Crippen LogP contribution in [0, 0.1) is 0 Å². The molecule has 1 rings (SSSR count). The second kappa shape index (κ2) is 14.1. The number of likely N-dealkylation sites (N-methyl/N-ethyl adjacent to an activating group) is 1. The second-order valence-electron chi connectivity index (χ2n) is 7.51. The van der Waals surface area contributed by atoms with Crippen molar-refractivity contribution >= 4 is 38.0 Å². The maximum absolute atomic E-state index is 13.5. The number of aliphatic imine (C=N–C) groups is 2. The minimum absolute atomic E-state index is 0.0264. The predicted octanol–water partition coefficient (Wildman–Crippen LogP) is -0.992. The number of nitrogens with zero attached hydrogens (tertiary/aromatic N) is 3. The summed E-state index contributed by atoms with van der Waals surface area (Å²) >= 11 is 0. The van der Waals surface area contributed by atoms with Gasteiger partial charge in [-0.05, 0) is 41.5 Å². The van der Waals surface area contributed by atoms with Gasteiger partial charge in [-0.2, -0.15) is 0 Å². The molecule has 1 aliphatic rings. The van der Waals surface area contributed by atoms with E-state index in [4.69, 9.17) is 19.9 Å². The van der Waals surface area contributed by atoms with Crippen molar-refractivity contribution < 1.29 is 33.2 Å². The van der Waals surface area contributed by atoms with Crippen LogP contribution in [-0.2, 0) is 33.2 Å². The molecule has 14 nitrogen and oxygen atoms in total. The van der Waals surface area contributed by atoms with Gasteiger partial charge >= 0.3 is 11.9 Å². The average molecular weight is 506 g/mol. The lowest BCUT2D eigenvalue weighted by atomic mass is 10.2. The Morgan fingerprint density at radius 3 is 2.24 bits per heavy atom. The molecular formula is C19H36N7O7P. The van der Waals surface area contributed by atoms with Crippen molar-refractivity contribution in [3.63, 3.8) is 0 Å². The number of hydrogen-bond acceptors (Lipinski definition) is 11. The molecule has 34 heavy (non-hydrogen) atoms. The lowest BCUT2D eigenvalue weighted by Gasteiger charge is -2.32. The van der Waals surface area contributed by atoms with Crippen LogP contribution in [0.25, 0.3) is 0 Å². The number of guanidine groups is 1. The first kappa shape index (κ1) is 29.7. The van der Waals surface area contributed by atoms with Crippen molar-refractivity contribution in [3.8, 4) is 0 Å². The molecule has 1 amide bonds.